The molecule has 6 nitrogen and oxygen atoms in total. The minimum Gasteiger partial charge on any atom is -0.376 e. The standard InChI is InChI=1S/C19H30N4O2/c1-13(24)21-18-5-16-10-23(9-15-7-20-22(2)8-15)11-17(16)6-19(18)25-12-14-3-4-14/h7-8,14,16-19H,3-6,9-12H2,1-2H3,(H,21,24)/t16-,17+,18-,19-/m1/s1. The number of hydrogen-bond donors (Lipinski definition) is 1. The number of hydrogen-bond acceptors (Lipinski definition) is 4. The molecule has 1 amide bonds. The molecule has 0 radical (unpaired) electrons. The Labute approximate surface area is 149 Å². The van der Waals surface area contributed by atoms with Crippen LogP contribution >= 0.6 is 0 Å². The van der Waals surface area contributed by atoms with Crippen LogP contribution in [0.4, 0.5) is 0 Å². The summed E-state index contributed by atoms with van der Waals surface area (Å²) in [5.74, 6) is 2.18. The zero-order valence-electron chi connectivity index (χ0n) is 15.4. The lowest BCUT2D eigenvalue weighted by atomic mass is 9.77. The summed E-state index contributed by atoms with van der Waals surface area (Å²) in [7, 11) is 1.97. The molecular weight excluding hydrogens is 316 g/mol. The summed E-state index contributed by atoms with van der Waals surface area (Å²) in [4.78, 5) is 14.2. The summed E-state index contributed by atoms with van der Waals surface area (Å²) in [5, 5.41) is 7.44. The number of nitrogens with zero attached hydrogens (tertiary/aromatic N) is 3. The zero-order chi connectivity index (χ0) is 17.4. The molecule has 0 aromatic carbocycles. The first-order valence-corrected chi connectivity index (χ1v) is 9.65. The van der Waals surface area contributed by atoms with E-state index in [0.29, 0.717) is 11.8 Å². The zero-order valence-corrected chi connectivity index (χ0v) is 15.4. The van der Waals surface area contributed by atoms with Gasteiger partial charge in [0.15, 0.2) is 0 Å². The molecule has 2 saturated carbocycles. The van der Waals surface area contributed by atoms with Gasteiger partial charge in [-0.1, -0.05) is 0 Å². The van der Waals surface area contributed by atoms with E-state index in [-0.39, 0.29) is 18.1 Å². The molecule has 4 rings (SSSR count). The molecule has 25 heavy (non-hydrogen) atoms. The Balaban J connectivity index is 1.37. The number of amides is 1. The number of fused-ring (bicyclic) bond motifs is 1. The second kappa shape index (κ2) is 7.08. The van der Waals surface area contributed by atoms with Crippen molar-refractivity contribution in [1.29, 1.82) is 0 Å². The van der Waals surface area contributed by atoms with Crippen molar-refractivity contribution in [3.8, 4) is 0 Å². The normalized spacial score (nSPS) is 32.6. The van der Waals surface area contributed by atoms with Crippen LogP contribution in [0, 0.1) is 17.8 Å². The number of ether oxygens (including phenoxy) is 1. The van der Waals surface area contributed by atoms with E-state index in [2.05, 4.69) is 21.5 Å². The number of carbonyl (C=O) groups is 1. The van der Waals surface area contributed by atoms with Crippen molar-refractivity contribution in [3.63, 3.8) is 0 Å². The minimum absolute atomic E-state index is 0.0636. The van der Waals surface area contributed by atoms with E-state index in [4.69, 9.17) is 4.74 Å². The molecule has 6 heteroatoms. The SMILES string of the molecule is CC(=O)N[C@@H]1C[C@@H]2CN(Cc3cnn(C)c3)C[C@@H]2C[C@H]1OCC1CC1. The van der Waals surface area contributed by atoms with Gasteiger partial charge in [0.2, 0.25) is 5.91 Å². The number of likely N-dealkylation sites (tertiary alicyclic amines) is 1. The summed E-state index contributed by atoms with van der Waals surface area (Å²) in [6, 6.07) is 0.177. The van der Waals surface area contributed by atoms with Crippen molar-refractivity contribution in [2.45, 2.75) is 51.3 Å². The van der Waals surface area contributed by atoms with E-state index in [1.54, 1.807) is 6.92 Å². The lowest BCUT2D eigenvalue weighted by Gasteiger charge is -2.38. The first-order chi connectivity index (χ1) is 12.1. The Bertz CT molecular complexity index is 612. The van der Waals surface area contributed by atoms with Crippen LogP contribution in [0.25, 0.3) is 0 Å². The Morgan fingerprint density at radius 2 is 2.08 bits per heavy atom. The van der Waals surface area contributed by atoms with Crippen LogP contribution in [-0.4, -0.2) is 52.4 Å². The van der Waals surface area contributed by atoms with Crippen LogP contribution < -0.4 is 5.32 Å². The number of nitrogens with one attached hydrogen (secondary N) is 1. The summed E-state index contributed by atoms with van der Waals surface area (Å²) in [6.07, 6.45) is 8.98. The summed E-state index contributed by atoms with van der Waals surface area (Å²) in [6.45, 7) is 5.71. The fourth-order valence-corrected chi connectivity index (χ4v) is 4.59. The molecule has 1 N–H and O–H groups in total. The molecule has 3 fully saturated rings. The van der Waals surface area contributed by atoms with Crippen molar-refractivity contribution in [3.05, 3.63) is 18.0 Å². The smallest absolute Gasteiger partial charge is 0.217 e. The van der Waals surface area contributed by atoms with Gasteiger partial charge in [-0.25, -0.2) is 0 Å². The molecule has 0 unspecified atom stereocenters. The third-order valence-corrected chi connectivity index (χ3v) is 5.99. The first-order valence-electron chi connectivity index (χ1n) is 9.65. The Morgan fingerprint density at radius 3 is 2.72 bits per heavy atom. The quantitative estimate of drug-likeness (QED) is 0.849. The van der Waals surface area contributed by atoms with Gasteiger partial charge >= 0.3 is 0 Å². The molecule has 0 bridgehead atoms. The van der Waals surface area contributed by atoms with Crippen LogP contribution in [0.5, 0.6) is 0 Å². The van der Waals surface area contributed by atoms with E-state index in [1.807, 2.05) is 17.9 Å². The Morgan fingerprint density at radius 1 is 1.32 bits per heavy atom. The van der Waals surface area contributed by atoms with Gasteiger partial charge in [-0.15, -0.1) is 0 Å². The molecule has 2 heterocycles. The monoisotopic (exact) mass is 346 g/mol. The average Bonchev–Trinajstić information content (AvgIpc) is 3.17. The molecular formula is C19H30N4O2. The largest absolute Gasteiger partial charge is 0.376 e. The minimum atomic E-state index is 0.0636. The van der Waals surface area contributed by atoms with Gasteiger partial charge in [0.1, 0.15) is 0 Å². The first kappa shape index (κ1) is 17.0. The van der Waals surface area contributed by atoms with Gasteiger partial charge in [0.05, 0.1) is 18.3 Å². The third kappa shape index (κ3) is 4.23. The van der Waals surface area contributed by atoms with Gasteiger partial charge in [0, 0.05) is 52.0 Å². The van der Waals surface area contributed by atoms with E-state index in [1.165, 1.54) is 18.4 Å². The Hall–Kier alpha value is -1.40. The second-order valence-corrected chi connectivity index (χ2v) is 8.33. The molecule has 1 aliphatic heterocycles. The van der Waals surface area contributed by atoms with E-state index in [0.717, 1.165) is 45.0 Å². The van der Waals surface area contributed by atoms with Gasteiger partial charge in [-0.3, -0.25) is 14.4 Å². The van der Waals surface area contributed by atoms with Gasteiger partial charge < -0.3 is 10.1 Å². The highest BCUT2D eigenvalue weighted by atomic mass is 16.5. The number of carbonyl (C=O) groups excluding carboxylic acids is 1. The lowest BCUT2D eigenvalue weighted by Crippen LogP contribution is -2.50. The second-order valence-electron chi connectivity index (χ2n) is 8.33. The van der Waals surface area contributed by atoms with Crippen LogP contribution in [0.1, 0.15) is 38.2 Å². The molecule has 3 aliphatic rings. The lowest BCUT2D eigenvalue weighted by molar-refractivity contribution is -0.122. The fraction of sp³-hybridized carbons (Fsp3) is 0.789. The highest BCUT2D eigenvalue weighted by molar-refractivity contribution is 5.73. The predicted octanol–water partition coefficient (Wildman–Crippen LogP) is 1.56. The number of rotatable bonds is 6. The summed E-state index contributed by atoms with van der Waals surface area (Å²) < 4.78 is 8.11. The van der Waals surface area contributed by atoms with Crippen molar-refractivity contribution in [2.75, 3.05) is 19.7 Å². The van der Waals surface area contributed by atoms with Gasteiger partial charge in [-0.05, 0) is 43.4 Å². The maximum absolute atomic E-state index is 11.6. The molecule has 0 spiro atoms. The van der Waals surface area contributed by atoms with Crippen LogP contribution in [0.3, 0.4) is 0 Å². The Kier molecular flexibility index (Phi) is 4.82. The van der Waals surface area contributed by atoms with Crippen LogP contribution in [0.2, 0.25) is 0 Å². The molecule has 4 atom stereocenters. The highest BCUT2D eigenvalue weighted by Gasteiger charge is 2.43. The molecule has 1 aromatic rings. The maximum atomic E-state index is 11.6. The molecule has 2 aliphatic carbocycles. The topological polar surface area (TPSA) is 59.4 Å². The molecule has 1 saturated heterocycles. The number of aromatic nitrogens is 2. The highest BCUT2D eigenvalue weighted by Crippen LogP contribution is 2.39. The van der Waals surface area contributed by atoms with E-state index < -0.39 is 0 Å². The maximum Gasteiger partial charge on any atom is 0.217 e. The van der Waals surface area contributed by atoms with Crippen molar-refractivity contribution in [1.82, 2.24) is 20.0 Å². The van der Waals surface area contributed by atoms with E-state index in [9.17, 15) is 4.79 Å². The van der Waals surface area contributed by atoms with E-state index >= 15 is 0 Å². The van der Waals surface area contributed by atoms with Crippen molar-refractivity contribution >= 4 is 5.91 Å². The summed E-state index contributed by atoms with van der Waals surface area (Å²) >= 11 is 0. The van der Waals surface area contributed by atoms with Crippen LogP contribution in [-0.2, 0) is 23.1 Å². The average molecular weight is 346 g/mol. The third-order valence-electron chi connectivity index (χ3n) is 5.99. The van der Waals surface area contributed by atoms with Gasteiger partial charge in [-0.2, -0.15) is 5.10 Å². The summed E-state index contributed by atoms with van der Waals surface area (Å²) in [5.41, 5.74) is 1.28. The fourth-order valence-electron chi connectivity index (χ4n) is 4.59. The molecule has 1 aromatic heterocycles. The van der Waals surface area contributed by atoms with Crippen molar-refractivity contribution < 1.29 is 9.53 Å². The van der Waals surface area contributed by atoms with Crippen molar-refractivity contribution in [2.24, 2.45) is 24.8 Å². The van der Waals surface area contributed by atoms with Crippen LogP contribution in [0.15, 0.2) is 12.4 Å². The number of aryl methyl sites for hydroxylation is 1. The van der Waals surface area contributed by atoms with Gasteiger partial charge in [0.25, 0.3) is 0 Å². The molecule has 138 valence electrons. The predicted molar refractivity (Wildman–Crippen MR) is 94.8 cm³/mol.